The van der Waals surface area contributed by atoms with Gasteiger partial charge in [-0.3, -0.25) is 0 Å². The van der Waals surface area contributed by atoms with Crippen molar-refractivity contribution in [1.29, 1.82) is 0 Å². The van der Waals surface area contributed by atoms with Crippen molar-refractivity contribution in [2.24, 2.45) is 0 Å². The number of hydrogen-bond donors (Lipinski definition) is 1. The minimum absolute atomic E-state index is 0.0571. The van der Waals surface area contributed by atoms with Crippen molar-refractivity contribution in [1.82, 2.24) is 0 Å². The molecule has 0 bridgehead atoms. The van der Waals surface area contributed by atoms with E-state index in [9.17, 15) is 13.9 Å². The van der Waals surface area contributed by atoms with E-state index >= 15 is 0 Å². The largest absolute Gasteiger partial charge is 0.388 e. The topological polar surface area (TPSA) is 29.5 Å². The number of hydrogen-bond acceptors (Lipinski definition) is 2. The average Bonchev–Trinajstić information content (AvgIpc) is 3.00. The van der Waals surface area contributed by atoms with Gasteiger partial charge in [0.25, 0.3) is 0 Å². The Balaban J connectivity index is 0.000000214. The van der Waals surface area contributed by atoms with Crippen molar-refractivity contribution in [3.63, 3.8) is 0 Å². The van der Waals surface area contributed by atoms with Crippen molar-refractivity contribution in [2.75, 3.05) is 0 Å². The van der Waals surface area contributed by atoms with Gasteiger partial charge in [0, 0.05) is 8.95 Å². The first-order valence-electron chi connectivity index (χ1n) is 9.88. The van der Waals surface area contributed by atoms with Gasteiger partial charge in [0.15, 0.2) is 0 Å². The van der Waals surface area contributed by atoms with Crippen LogP contribution >= 0.6 is 31.9 Å². The summed E-state index contributed by atoms with van der Waals surface area (Å²) in [6, 6.07) is 9.08. The third kappa shape index (κ3) is 7.56. The lowest BCUT2D eigenvalue weighted by Gasteiger charge is -2.20. The van der Waals surface area contributed by atoms with E-state index in [0.717, 1.165) is 40.4 Å². The number of halogens is 4. The molecule has 1 N–H and O–H groups in total. The Hall–Kier alpha value is -1.08. The van der Waals surface area contributed by atoms with Crippen molar-refractivity contribution in [2.45, 2.75) is 64.3 Å². The van der Waals surface area contributed by atoms with Crippen LogP contribution in [0.1, 0.15) is 69.8 Å². The van der Waals surface area contributed by atoms with Gasteiger partial charge in [-0.25, -0.2) is 8.78 Å². The molecule has 1 aliphatic heterocycles. The summed E-state index contributed by atoms with van der Waals surface area (Å²) in [6.45, 7) is 9.87. The third-order valence-corrected chi connectivity index (χ3v) is 6.32. The summed E-state index contributed by atoms with van der Waals surface area (Å²) in [5.41, 5.74) is 2.74. The number of ether oxygens (including phenoxy) is 1. The lowest BCUT2D eigenvalue weighted by Crippen LogP contribution is -2.17. The van der Waals surface area contributed by atoms with Crippen LogP contribution in [0.5, 0.6) is 0 Å². The Labute approximate surface area is 194 Å². The van der Waals surface area contributed by atoms with Crippen molar-refractivity contribution in [3.8, 4) is 0 Å². The van der Waals surface area contributed by atoms with Crippen LogP contribution in [0.2, 0.25) is 0 Å². The van der Waals surface area contributed by atoms with Crippen LogP contribution in [-0.4, -0.2) is 10.7 Å². The van der Waals surface area contributed by atoms with E-state index in [1.54, 1.807) is 12.1 Å². The Morgan fingerprint density at radius 2 is 1.77 bits per heavy atom. The molecule has 0 aliphatic carbocycles. The van der Waals surface area contributed by atoms with Crippen molar-refractivity contribution in [3.05, 3.63) is 80.3 Å². The maximum atomic E-state index is 12.9. The SMILES string of the molecule is C=C(C)CCC(O)c1ccc(F)cc1Br.CC1(C)CCC(c2ccc(F)cc2Br)O1. The Morgan fingerprint density at radius 3 is 2.27 bits per heavy atom. The second kappa shape index (κ2) is 11.0. The Morgan fingerprint density at radius 1 is 1.17 bits per heavy atom. The van der Waals surface area contributed by atoms with E-state index in [1.165, 1.54) is 24.3 Å². The molecule has 2 aromatic carbocycles. The number of aliphatic hydroxyl groups excluding tert-OH is 1. The predicted octanol–water partition coefficient (Wildman–Crippen LogP) is 8.20. The van der Waals surface area contributed by atoms with E-state index < -0.39 is 6.10 Å². The van der Waals surface area contributed by atoms with Gasteiger partial charge in [0.05, 0.1) is 17.8 Å². The van der Waals surface area contributed by atoms with Gasteiger partial charge in [-0.15, -0.1) is 6.58 Å². The van der Waals surface area contributed by atoms with Crippen LogP contribution in [0.25, 0.3) is 0 Å². The zero-order valence-corrected chi connectivity index (χ0v) is 20.7. The highest BCUT2D eigenvalue weighted by atomic mass is 79.9. The molecule has 1 heterocycles. The Bertz CT molecular complexity index is 884. The van der Waals surface area contributed by atoms with E-state index in [0.29, 0.717) is 10.9 Å². The van der Waals surface area contributed by atoms with Gasteiger partial charge < -0.3 is 9.84 Å². The van der Waals surface area contributed by atoms with Crippen LogP contribution < -0.4 is 0 Å². The summed E-state index contributed by atoms with van der Waals surface area (Å²) < 4.78 is 33.0. The van der Waals surface area contributed by atoms with Gasteiger partial charge in [-0.2, -0.15) is 0 Å². The van der Waals surface area contributed by atoms with E-state index in [4.69, 9.17) is 4.74 Å². The standard InChI is InChI=1S/2C12H14BrFO/c1-12(2)6-5-11(15-12)9-4-3-8(14)7-10(9)13;1-8(2)3-6-12(15)10-5-4-9(14)7-11(10)13/h3-4,7,11H,5-6H2,1-2H3;4-5,7,12,15H,1,3,6H2,2H3. The van der Waals surface area contributed by atoms with Gasteiger partial charge >= 0.3 is 0 Å². The second-order valence-electron chi connectivity index (χ2n) is 8.25. The molecular weight excluding hydrogens is 518 g/mol. The molecule has 1 fully saturated rings. The highest BCUT2D eigenvalue weighted by Crippen LogP contribution is 2.41. The molecule has 2 nitrogen and oxygen atoms in total. The molecule has 0 aromatic heterocycles. The van der Waals surface area contributed by atoms with E-state index in [2.05, 4.69) is 52.3 Å². The first-order chi connectivity index (χ1) is 14.0. The molecule has 0 radical (unpaired) electrons. The van der Waals surface area contributed by atoms with Crippen molar-refractivity contribution < 1.29 is 18.6 Å². The summed E-state index contributed by atoms with van der Waals surface area (Å²) in [6.07, 6.45) is 2.94. The lowest BCUT2D eigenvalue weighted by atomic mass is 10.0. The van der Waals surface area contributed by atoms with Crippen LogP contribution in [-0.2, 0) is 4.74 Å². The van der Waals surface area contributed by atoms with E-state index in [-0.39, 0.29) is 23.3 Å². The van der Waals surface area contributed by atoms with Crippen LogP contribution in [0.15, 0.2) is 57.5 Å². The molecule has 3 rings (SSSR count). The summed E-state index contributed by atoms with van der Waals surface area (Å²) in [7, 11) is 0. The molecule has 30 heavy (non-hydrogen) atoms. The minimum Gasteiger partial charge on any atom is -0.388 e. The molecule has 6 heteroatoms. The fraction of sp³-hybridized carbons (Fsp3) is 0.417. The molecule has 0 amide bonds. The smallest absolute Gasteiger partial charge is 0.124 e. The molecule has 0 spiro atoms. The van der Waals surface area contributed by atoms with Gasteiger partial charge in [-0.05, 0) is 81.8 Å². The van der Waals surface area contributed by atoms with Gasteiger partial charge in [0.2, 0.25) is 0 Å². The predicted molar refractivity (Wildman–Crippen MR) is 124 cm³/mol. The first kappa shape index (κ1) is 25.2. The average molecular weight is 546 g/mol. The summed E-state index contributed by atoms with van der Waals surface area (Å²) in [5, 5.41) is 9.85. The van der Waals surface area contributed by atoms with Crippen LogP contribution in [0.3, 0.4) is 0 Å². The number of rotatable bonds is 5. The molecular formula is C24H28Br2F2O2. The lowest BCUT2D eigenvalue weighted by molar-refractivity contribution is -0.0166. The molecule has 164 valence electrons. The van der Waals surface area contributed by atoms with Gasteiger partial charge in [-0.1, -0.05) is 49.6 Å². The quantitative estimate of drug-likeness (QED) is 0.384. The van der Waals surface area contributed by atoms with Crippen LogP contribution in [0, 0.1) is 11.6 Å². The number of aliphatic hydroxyl groups is 1. The third-order valence-electron chi connectivity index (χ3n) is 4.95. The summed E-state index contributed by atoms with van der Waals surface area (Å²) in [4.78, 5) is 0. The van der Waals surface area contributed by atoms with Crippen LogP contribution in [0.4, 0.5) is 8.78 Å². The van der Waals surface area contributed by atoms with E-state index in [1.807, 2.05) is 6.92 Å². The number of benzene rings is 2. The highest BCUT2D eigenvalue weighted by Gasteiger charge is 2.33. The molecule has 1 saturated heterocycles. The zero-order valence-electron chi connectivity index (χ0n) is 17.5. The maximum absolute atomic E-state index is 12.9. The Kier molecular flexibility index (Phi) is 9.22. The highest BCUT2D eigenvalue weighted by molar-refractivity contribution is 9.10. The number of allylic oxidation sites excluding steroid dienone is 1. The minimum atomic E-state index is -0.573. The molecule has 1 aliphatic rings. The monoisotopic (exact) mass is 544 g/mol. The maximum Gasteiger partial charge on any atom is 0.124 e. The summed E-state index contributed by atoms with van der Waals surface area (Å²) >= 11 is 6.61. The second-order valence-corrected chi connectivity index (χ2v) is 9.96. The zero-order chi connectivity index (χ0) is 22.5. The fourth-order valence-corrected chi connectivity index (χ4v) is 4.49. The van der Waals surface area contributed by atoms with Gasteiger partial charge in [0.1, 0.15) is 11.6 Å². The molecule has 0 saturated carbocycles. The molecule has 2 aromatic rings. The molecule has 2 atom stereocenters. The van der Waals surface area contributed by atoms with Crippen molar-refractivity contribution >= 4 is 31.9 Å². The fourth-order valence-electron chi connectivity index (χ4n) is 3.27. The first-order valence-corrected chi connectivity index (χ1v) is 11.5. The normalized spacial score (nSPS) is 18.5. The summed E-state index contributed by atoms with van der Waals surface area (Å²) in [5.74, 6) is -0.527. The molecule has 2 unspecified atom stereocenters.